The molecule has 0 radical (unpaired) electrons. The van der Waals surface area contributed by atoms with Crippen LogP contribution in [0, 0.1) is 59.2 Å². The lowest BCUT2D eigenvalue weighted by Crippen LogP contribution is -2.41. The van der Waals surface area contributed by atoms with Crippen molar-refractivity contribution in [3.8, 4) is 0 Å². The summed E-state index contributed by atoms with van der Waals surface area (Å²) in [5, 5.41) is 0. The Morgan fingerprint density at radius 2 is 0.473 bits per heavy atom. The Kier molecular flexibility index (Phi) is 34.8. The van der Waals surface area contributed by atoms with Crippen LogP contribution in [-0.2, 0) is 0 Å². The van der Waals surface area contributed by atoms with Gasteiger partial charge < -0.3 is 19.6 Å². The normalized spacial score (nSPS) is 33.3. The van der Waals surface area contributed by atoms with E-state index in [4.69, 9.17) is 0 Å². The third-order valence-corrected chi connectivity index (χ3v) is 13.7. The number of hydrogen-bond donors (Lipinski definition) is 0. The highest BCUT2D eigenvalue weighted by molar-refractivity contribution is 4.72. The predicted molar refractivity (Wildman–Crippen MR) is 254 cm³/mol. The average molecular weight is 779 g/mol. The molecule has 0 aromatic rings. The first-order valence-corrected chi connectivity index (χ1v) is 23.8. The Morgan fingerprint density at radius 1 is 0.236 bits per heavy atom. The Hall–Kier alpha value is -0.160. The molecular formula is C51H110N4. The maximum Gasteiger partial charge on any atom is 0.00163 e. The van der Waals surface area contributed by atoms with E-state index in [-0.39, 0.29) is 14.9 Å². The summed E-state index contributed by atoms with van der Waals surface area (Å²) in [6.07, 6.45) is 24.7. The summed E-state index contributed by atoms with van der Waals surface area (Å²) in [6, 6.07) is 0. The van der Waals surface area contributed by atoms with Gasteiger partial charge in [-0.25, -0.2) is 0 Å². The number of piperidine rings is 2. The van der Waals surface area contributed by atoms with Crippen LogP contribution in [0.5, 0.6) is 0 Å². The molecule has 0 spiro atoms. The van der Waals surface area contributed by atoms with Gasteiger partial charge in [0.25, 0.3) is 0 Å². The standard InChI is InChI=1S/3C8H16.2C7H15N.C6H13N.C5H11N.2CH4/c4*1-7-3-5-8(2)6-4-7;1-7-4-3-5-8(2)6-7;1-6-3-4-7(2)5-6;1-5-3-6(2)4-5;;/h3*7-8H,3-6H2,1-2H3;2*7H,3-6H2,1-2H3;6H,3-5H2,1-2H3;5H,3-4H2,1-2H3;2*1H4. The molecule has 0 aromatic heterocycles. The van der Waals surface area contributed by atoms with Gasteiger partial charge in [0, 0.05) is 26.2 Å². The zero-order valence-electron chi connectivity index (χ0n) is 39.2. The monoisotopic (exact) mass is 779 g/mol. The van der Waals surface area contributed by atoms with Crippen molar-refractivity contribution in [3.05, 3.63) is 0 Å². The second kappa shape index (κ2) is 33.6. The first-order valence-electron chi connectivity index (χ1n) is 23.8. The number of hydrogen-bond acceptors (Lipinski definition) is 4. The van der Waals surface area contributed by atoms with E-state index in [0.717, 1.165) is 59.2 Å². The summed E-state index contributed by atoms with van der Waals surface area (Å²) in [5.74, 6) is 9.95. The van der Waals surface area contributed by atoms with Crippen molar-refractivity contribution in [1.82, 2.24) is 19.6 Å². The molecule has 4 aliphatic heterocycles. The van der Waals surface area contributed by atoms with Crippen LogP contribution >= 0.6 is 0 Å². The molecule has 7 aliphatic rings. The fourth-order valence-corrected chi connectivity index (χ4v) is 9.01. The summed E-state index contributed by atoms with van der Waals surface area (Å²) < 4.78 is 0. The number of rotatable bonds is 0. The van der Waals surface area contributed by atoms with E-state index in [0.29, 0.717) is 0 Å². The van der Waals surface area contributed by atoms with Gasteiger partial charge in [0.05, 0.1) is 0 Å². The van der Waals surface area contributed by atoms with Crippen LogP contribution in [0.4, 0.5) is 0 Å². The van der Waals surface area contributed by atoms with Gasteiger partial charge >= 0.3 is 0 Å². The zero-order valence-corrected chi connectivity index (χ0v) is 39.2. The van der Waals surface area contributed by atoms with Crippen molar-refractivity contribution in [3.63, 3.8) is 0 Å². The molecule has 4 heterocycles. The molecule has 3 saturated carbocycles. The molecule has 7 fully saturated rings. The van der Waals surface area contributed by atoms with Crippen molar-refractivity contribution < 1.29 is 0 Å². The highest BCUT2D eigenvalue weighted by atomic mass is 15.2. The Balaban J connectivity index is 0. The van der Waals surface area contributed by atoms with Gasteiger partial charge in [-0.3, -0.25) is 0 Å². The molecule has 4 heteroatoms. The highest BCUT2D eigenvalue weighted by Gasteiger charge is 2.17. The van der Waals surface area contributed by atoms with Crippen LogP contribution in [0.15, 0.2) is 0 Å². The van der Waals surface area contributed by atoms with Crippen LogP contribution < -0.4 is 0 Å². The van der Waals surface area contributed by atoms with Crippen molar-refractivity contribution in [2.45, 2.75) is 193 Å². The van der Waals surface area contributed by atoms with Crippen molar-refractivity contribution in [2.75, 3.05) is 80.5 Å². The lowest BCUT2D eigenvalue weighted by molar-refractivity contribution is 0.149. The first kappa shape index (κ1) is 56.9. The molecule has 3 aliphatic carbocycles. The molecule has 0 aromatic carbocycles. The minimum absolute atomic E-state index is 0. The topological polar surface area (TPSA) is 13.0 Å². The second-order valence-electron chi connectivity index (χ2n) is 21.1. The molecule has 4 nitrogen and oxygen atoms in total. The molecule has 0 bridgehead atoms. The van der Waals surface area contributed by atoms with Gasteiger partial charge in [0.1, 0.15) is 0 Å². The van der Waals surface area contributed by atoms with E-state index in [2.05, 4.69) is 117 Å². The smallest absolute Gasteiger partial charge is 0.00163 e. The van der Waals surface area contributed by atoms with Crippen molar-refractivity contribution >= 4 is 0 Å². The summed E-state index contributed by atoms with van der Waals surface area (Å²) >= 11 is 0. The summed E-state index contributed by atoms with van der Waals surface area (Å²) in [7, 11) is 8.74. The SMILES string of the molecule is C.C.CC1CCC(C)CC1.CC1CCC(C)CC1.CC1CCC(C)CC1.CC1CCCN(C)C1.CC1CCN(C)C1.CC1CCN(C)CC1.CC1CN(C)C1. The van der Waals surface area contributed by atoms with Gasteiger partial charge in [0.2, 0.25) is 0 Å². The van der Waals surface area contributed by atoms with Gasteiger partial charge in [-0.05, 0) is 146 Å². The largest absolute Gasteiger partial charge is 0.306 e. The predicted octanol–water partition coefficient (Wildman–Crippen LogP) is 14.0. The Labute approximate surface area is 351 Å². The fourth-order valence-electron chi connectivity index (χ4n) is 9.01. The quantitative estimate of drug-likeness (QED) is 0.243. The minimum Gasteiger partial charge on any atom is -0.306 e. The van der Waals surface area contributed by atoms with Gasteiger partial charge in [-0.1, -0.05) is 161 Å². The van der Waals surface area contributed by atoms with Crippen LogP contribution in [0.3, 0.4) is 0 Å². The molecule has 334 valence electrons. The maximum absolute atomic E-state index is 2.41. The third kappa shape index (κ3) is 32.4. The molecule has 55 heavy (non-hydrogen) atoms. The zero-order chi connectivity index (χ0) is 39.8. The van der Waals surface area contributed by atoms with Gasteiger partial charge in [0.15, 0.2) is 0 Å². The van der Waals surface area contributed by atoms with Crippen LogP contribution in [-0.4, -0.2) is 100 Å². The second-order valence-corrected chi connectivity index (χ2v) is 21.1. The molecule has 0 N–H and O–H groups in total. The minimum atomic E-state index is 0. The van der Waals surface area contributed by atoms with E-state index in [1.54, 1.807) is 0 Å². The van der Waals surface area contributed by atoms with E-state index in [1.807, 2.05) is 0 Å². The summed E-state index contributed by atoms with van der Waals surface area (Å²) in [4.78, 5) is 9.52. The van der Waals surface area contributed by atoms with E-state index in [1.165, 1.54) is 162 Å². The van der Waals surface area contributed by atoms with Gasteiger partial charge in [-0.2, -0.15) is 0 Å². The third-order valence-electron chi connectivity index (χ3n) is 13.7. The molecular weight excluding hydrogens is 669 g/mol. The van der Waals surface area contributed by atoms with E-state index < -0.39 is 0 Å². The summed E-state index contributed by atoms with van der Waals surface area (Å²) in [6.45, 7) is 33.9. The van der Waals surface area contributed by atoms with Crippen LogP contribution in [0.1, 0.15) is 193 Å². The molecule has 2 atom stereocenters. The number of nitrogens with zero attached hydrogens (tertiary/aromatic N) is 4. The first-order chi connectivity index (χ1) is 25.0. The van der Waals surface area contributed by atoms with Crippen molar-refractivity contribution in [1.29, 1.82) is 0 Å². The summed E-state index contributed by atoms with van der Waals surface area (Å²) in [5.41, 5.74) is 0. The van der Waals surface area contributed by atoms with Crippen molar-refractivity contribution in [2.24, 2.45) is 59.2 Å². The lowest BCUT2D eigenvalue weighted by Gasteiger charge is -2.33. The average Bonchev–Trinajstić information content (AvgIpc) is 3.49. The van der Waals surface area contributed by atoms with E-state index >= 15 is 0 Å². The number of likely N-dealkylation sites (tertiary alicyclic amines) is 4. The van der Waals surface area contributed by atoms with E-state index in [9.17, 15) is 0 Å². The van der Waals surface area contributed by atoms with Crippen LogP contribution in [0.2, 0.25) is 0 Å². The van der Waals surface area contributed by atoms with Gasteiger partial charge in [-0.15, -0.1) is 0 Å². The molecule has 2 unspecified atom stereocenters. The van der Waals surface area contributed by atoms with Crippen LogP contribution in [0.25, 0.3) is 0 Å². The fraction of sp³-hybridized carbons (Fsp3) is 1.00. The lowest BCUT2D eigenvalue weighted by atomic mass is 9.84. The maximum atomic E-state index is 2.41. The highest BCUT2D eigenvalue weighted by Crippen LogP contribution is 2.29. The molecule has 7 rings (SSSR count). The molecule has 0 amide bonds. The Bertz CT molecular complexity index is 654. The Morgan fingerprint density at radius 3 is 0.636 bits per heavy atom. The molecule has 4 saturated heterocycles.